The molecule has 1 saturated heterocycles. The van der Waals surface area contributed by atoms with E-state index in [1.807, 2.05) is 0 Å². The molecule has 112 valence electrons. The van der Waals surface area contributed by atoms with Crippen LogP contribution in [0.4, 0.5) is 13.2 Å². The lowest BCUT2D eigenvalue weighted by atomic mass is 10.3. The fraction of sp³-hybridized carbons (Fsp3) is 0.455. The van der Waals surface area contributed by atoms with Crippen LogP contribution in [-0.2, 0) is 10.0 Å². The van der Waals surface area contributed by atoms with Gasteiger partial charge < -0.3 is 9.84 Å². The van der Waals surface area contributed by atoms with Gasteiger partial charge >= 0.3 is 6.36 Å². The lowest BCUT2D eigenvalue weighted by Crippen LogP contribution is -2.29. The molecule has 1 atom stereocenters. The number of ether oxygens (including phenoxy) is 1. The molecule has 0 aliphatic carbocycles. The van der Waals surface area contributed by atoms with Gasteiger partial charge in [0.25, 0.3) is 0 Å². The Labute approximate surface area is 113 Å². The van der Waals surface area contributed by atoms with Gasteiger partial charge in [0.15, 0.2) is 0 Å². The van der Waals surface area contributed by atoms with E-state index in [9.17, 15) is 26.7 Å². The average Bonchev–Trinajstić information content (AvgIpc) is 2.75. The molecule has 1 aromatic carbocycles. The second-order valence-corrected chi connectivity index (χ2v) is 6.26. The Morgan fingerprint density at radius 2 is 1.85 bits per heavy atom. The van der Waals surface area contributed by atoms with E-state index >= 15 is 0 Å². The van der Waals surface area contributed by atoms with E-state index in [1.165, 1.54) is 0 Å². The monoisotopic (exact) mass is 311 g/mol. The Morgan fingerprint density at radius 1 is 1.25 bits per heavy atom. The van der Waals surface area contributed by atoms with Crippen molar-refractivity contribution in [2.24, 2.45) is 0 Å². The number of benzene rings is 1. The topological polar surface area (TPSA) is 66.8 Å². The number of aliphatic hydroxyl groups excluding tert-OH is 1. The standard InChI is InChI=1S/C11H12F3NO4S/c12-11(13,14)19-9-1-3-10(4-2-9)20(17,18)15-6-5-8(16)7-15/h1-4,8,16H,5-7H2/t8-/m0/s1. The van der Waals surface area contributed by atoms with E-state index in [4.69, 9.17) is 0 Å². The molecule has 1 aliphatic heterocycles. The number of rotatable bonds is 3. The predicted octanol–water partition coefficient (Wildman–Crippen LogP) is 1.34. The minimum Gasteiger partial charge on any atom is -0.406 e. The van der Waals surface area contributed by atoms with Crippen molar-refractivity contribution in [2.75, 3.05) is 13.1 Å². The largest absolute Gasteiger partial charge is 0.573 e. The van der Waals surface area contributed by atoms with Crippen LogP contribution in [0.1, 0.15) is 6.42 Å². The van der Waals surface area contributed by atoms with Crippen molar-refractivity contribution in [3.8, 4) is 5.75 Å². The quantitative estimate of drug-likeness (QED) is 0.915. The number of hydrogen-bond acceptors (Lipinski definition) is 4. The smallest absolute Gasteiger partial charge is 0.406 e. The molecular weight excluding hydrogens is 299 g/mol. The van der Waals surface area contributed by atoms with Gasteiger partial charge in [-0.3, -0.25) is 0 Å². The molecule has 0 amide bonds. The van der Waals surface area contributed by atoms with Crippen LogP contribution in [0, 0.1) is 0 Å². The molecule has 0 bridgehead atoms. The summed E-state index contributed by atoms with van der Waals surface area (Å²) in [5.41, 5.74) is 0. The van der Waals surface area contributed by atoms with Gasteiger partial charge in [0.1, 0.15) is 5.75 Å². The van der Waals surface area contributed by atoms with E-state index < -0.39 is 28.2 Å². The highest BCUT2D eigenvalue weighted by Crippen LogP contribution is 2.26. The summed E-state index contributed by atoms with van der Waals surface area (Å²) in [4.78, 5) is -0.138. The van der Waals surface area contributed by atoms with Crippen LogP contribution in [0.5, 0.6) is 5.75 Å². The van der Waals surface area contributed by atoms with Crippen LogP contribution in [-0.4, -0.2) is 43.4 Å². The Balaban J connectivity index is 2.17. The first-order chi connectivity index (χ1) is 9.18. The molecule has 0 unspecified atom stereocenters. The molecule has 9 heteroatoms. The van der Waals surface area contributed by atoms with Gasteiger partial charge in [-0.15, -0.1) is 13.2 Å². The number of hydrogen-bond donors (Lipinski definition) is 1. The maximum absolute atomic E-state index is 12.1. The molecule has 0 aromatic heterocycles. The van der Waals surface area contributed by atoms with Crippen molar-refractivity contribution in [2.45, 2.75) is 23.8 Å². The maximum Gasteiger partial charge on any atom is 0.573 e. The van der Waals surface area contributed by atoms with E-state index in [0.717, 1.165) is 28.6 Å². The number of aliphatic hydroxyl groups is 1. The summed E-state index contributed by atoms with van der Waals surface area (Å²) in [5, 5.41) is 9.33. The average molecular weight is 311 g/mol. The van der Waals surface area contributed by atoms with Crippen LogP contribution < -0.4 is 4.74 Å². The molecule has 0 spiro atoms. The van der Waals surface area contributed by atoms with Crippen molar-refractivity contribution in [3.63, 3.8) is 0 Å². The van der Waals surface area contributed by atoms with Crippen molar-refractivity contribution in [3.05, 3.63) is 24.3 Å². The number of alkyl halides is 3. The van der Waals surface area contributed by atoms with Gasteiger partial charge in [-0.25, -0.2) is 8.42 Å². The summed E-state index contributed by atoms with van der Waals surface area (Å²) in [6.07, 6.45) is -5.19. The molecule has 1 N–H and O–H groups in total. The fourth-order valence-electron chi connectivity index (χ4n) is 1.89. The second-order valence-electron chi connectivity index (χ2n) is 4.32. The summed E-state index contributed by atoms with van der Waals surface area (Å²) in [5.74, 6) is -0.488. The van der Waals surface area contributed by atoms with Crippen LogP contribution in [0.25, 0.3) is 0 Å². The molecule has 2 rings (SSSR count). The van der Waals surface area contributed by atoms with Gasteiger partial charge in [0, 0.05) is 13.1 Å². The Bertz CT molecular complexity index is 570. The lowest BCUT2D eigenvalue weighted by molar-refractivity contribution is -0.274. The summed E-state index contributed by atoms with van der Waals surface area (Å²) in [6.45, 7) is 0.174. The SMILES string of the molecule is O=S(=O)(c1ccc(OC(F)(F)F)cc1)N1CC[C@H](O)C1. The van der Waals surface area contributed by atoms with Crippen molar-refractivity contribution >= 4 is 10.0 Å². The third kappa shape index (κ3) is 3.41. The summed E-state index contributed by atoms with van der Waals surface area (Å²) in [6, 6.07) is 3.96. The molecule has 0 radical (unpaired) electrons. The van der Waals surface area contributed by atoms with E-state index in [1.54, 1.807) is 0 Å². The predicted molar refractivity (Wildman–Crippen MR) is 62.5 cm³/mol. The number of halogens is 3. The van der Waals surface area contributed by atoms with E-state index in [-0.39, 0.29) is 18.0 Å². The molecule has 1 heterocycles. The van der Waals surface area contributed by atoms with Gasteiger partial charge in [0.2, 0.25) is 10.0 Å². The Kier molecular flexibility index (Phi) is 3.94. The van der Waals surface area contributed by atoms with Gasteiger partial charge in [-0.1, -0.05) is 0 Å². The zero-order valence-corrected chi connectivity index (χ0v) is 11.0. The van der Waals surface area contributed by atoms with E-state index in [0.29, 0.717) is 6.42 Å². The third-order valence-corrected chi connectivity index (χ3v) is 4.70. The third-order valence-electron chi connectivity index (χ3n) is 2.82. The fourth-order valence-corrected chi connectivity index (χ4v) is 3.38. The lowest BCUT2D eigenvalue weighted by Gasteiger charge is -2.16. The summed E-state index contributed by atoms with van der Waals surface area (Å²) >= 11 is 0. The molecule has 20 heavy (non-hydrogen) atoms. The summed E-state index contributed by atoms with van der Waals surface area (Å²) in [7, 11) is -3.80. The zero-order valence-electron chi connectivity index (χ0n) is 10.2. The number of β-amino-alcohol motifs (C(OH)–C–C–N with tert-alkyl or cyclic N) is 1. The van der Waals surface area contributed by atoms with Crippen molar-refractivity contribution in [1.82, 2.24) is 4.31 Å². The van der Waals surface area contributed by atoms with Crippen LogP contribution in [0.15, 0.2) is 29.2 Å². The first-order valence-corrected chi connectivity index (χ1v) is 7.16. The molecule has 1 aliphatic rings. The Morgan fingerprint density at radius 3 is 2.30 bits per heavy atom. The molecule has 0 saturated carbocycles. The van der Waals surface area contributed by atoms with Gasteiger partial charge in [0.05, 0.1) is 11.0 Å². The van der Waals surface area contributed by atoms with Crippen LogP contribution in [0.3, 0.4) is 0 Å². The molecular formula is C11H12F3NO4S. The zero-order chi connectivity index (χ0) is 15.0. The Hall–Kier alpha value is -1.32. The molecule has 1 fully saturated rings. The second kappa shape index (κ2) is 5.23. The highest BCUT2D eigenvalue weighted by molar-refractivity contribution is 7.89. The van der Waals surface area contributed by atoms with Crippen LogP contribution >= 0.6 is 0 Å². The first-order valence-electron chi connectivity index (χ1n) is 5.72. The molecule has 1 aromatic rings. The number of sulfonamides is 1. The maximum atomic E-state index is 12.1. The first kappa shape index (κ1) is 15.1. The minimum atomic E-state index is -4.82. The molecule has 5 nitrogen and oxygen atoms in total. The highest BCUT2D eigenvalue weighted by atomic mass is 32.2. The summed E-state index contributed by atoms with van der Waals surface area (Å²) < 4.78 is 65.0. The van der Waals surface area contributed by atoms with Crippen LogP contribution in [0.2, 0.25) is 0 Å². The highest BCUT2D eigenvalue weighted by Gasteiger charge is 2.33. The normalized spacial score (nSPS) is 21.1. The van der Waals surface area contributed by atoms with Gasteiger partial charge in [-0.05, 0) is 30.7 Å². The minimum absolute atomic E-state index is 0.0108. The van der Waals surface area contributed by atoms with Gasteiger partial charge in [-0.2, -0.15) is 4.31 Å². The van der Waals surface area contributed by atoms with E-state index in [2.05, 4.69) is 4.74 Å². The number of nitrogens with zero attached hydrogens (tertiary/aromatic N) is 1. The van der Waals surface area contributed by atoms with Crippen molar-refractivity contribution in [1.29, 1.82) is 0 Å². The van der Waals surface area contributed by atoms with Crippen molar-refractivity contribution < 1.29 is 31.4 Å².